The van der Waals surface area contributed by atoms with Gasteiger partial charge >= 0.3 is 0 Å². The summed E-state index contributed by atoms with van der Waals surface area (Å²) in [6.07, 6.45) is 6.64. The van der Waals surface area contributed by atoms with Crippen LogP contribution < -0.4 is 10.9 Å². The van der Waals surface area contributed by atoms with Crippen LogP contribution in [0.25, 0.3) is 0 Å². The number of thioether (sulfide) groups is 1. The number of pyridine rings is 1. The number of aromatic nitrogens is 3. The summed E-state index contributed by atoms with van der Waals surface area (Å²) in [4.78, 5) is 25.4. The molecule has 0 spiro atoms. The molecule has 0 radical (unpaired) electrons. The summed E-state index contributed by atoms with van der Waals surface area (Å²) in [5, 5.41) is 1.34. The number of aryl methyl sites for hydroxylation is 2. The van der Waals surface area contributed by atoms with E-state index in [2.05, 4.69) is 25.8 Å². The van der Waals surface area contributed by atoms with Gasteiger partial charge in [0.2, 0.25) is 5.95 Å². The molecule has 2 N–H and O–H groups in total. The minimum absolute atomic E-state index is 0.230. The fourth-order valence-corrected chi connectivity index (χ4v) is 4.08. The summed E-state index contributed by atoms with van der Waals surface area (Å²) >= 11 is 1.70. The Morgan fingerprint density at radius 1 is 1.21 bits per heavy atom. The molecule has 2 aromatic rings. The second kappa shape index (κ2) is 7.61. The van der Waals surface area contributed by atoms with Crippen LogP contribution in [0.4, 0.5) is 5.95 Å². The van der Waals surface area contributed by atoms with Gasteiger partial charge in [0, 0.05) is 22.8 Å². The SMILES string of the molecule is Cc1cc(C)nc(NNC(=O)c2cccnc2SC2CCCC2)n1. The number of nitrogens with one attached hydrogen (secondary N) is 2. The van der Waals surface area contributed by atoms with Gasteiger partial charge in [0.15, 0.2) is 0 Å². The number of rotatable bonds is 5. The highest BCUT2D eigenvalue weighted by Gasteiger charge is 2.20. The predicted molar refractivity (Wildman–Crippen MR) is 94.9 cm³/mol. The van der Waals surface area contributed by atoms with Gasteiger partial charge in [-0.25, -0.2) is 15.0 Å². The van der Waals surface area contributed by atoms with Crippen LogP contribution >= 0.6 is 11.8 Å². The predicted octanol–water partition coefficient (Wildman–Crippen LogP) is 3.28. The van der Waals surface area contributed by atoms with E-state index in [9.17, 15) is 4.79 Å². The zero-order chi connectivity index (χ0) is 16.9. The average Bonchev–Trinajstić information content (AvgIpc) is 3.05. The molecule has 0 bridgehead atoms. The summed E-state index contributed by atoms with van der Waals surface area (Å²) in [5.74, 6) is 0.154. The van der Waals surface area contributed by atoms with Crippen LogP contribution in [0.1, 0.15) is 47.4 Å². The second-order valence-corrected chi connectivity index (χ2v) is 7.22. The molecule has 0 atom stereocenters. The van der Waals surface area contributed by atoms with Gasteiger partial charge in [-0.1, -0.05) is 12.8 Å². The van der Waals surface area contributed by atoms with Crippen LogP contribution in [0.5, 0.6) is 0 Å². The Kier molecular flexibility index (Phi) is 5.30. The number of nitrogens with zero attached hydrogens (tertiary/aromatic N) is 3. The zero-order valence-electron chi connectivity index (χ0n) is 13.9. The van der Waals surface area contributed by atoms with Crippen molar-refractivity contribution >= 4 is 23.6 Å². The highest BCUT2D eigenvalue weighted by Crippen LogP contribution is 2.35. The molecule has 0 saturated heterocycles. The van der Waals surface area contributed by atoms with Crippen LogP contribution in [0.15, 0.2) is 29.4 Å². The standard InChI is InChI=1S/C17H21N5OS/c1-11-10-12(2)20-17(19-11)22-21-15(23)14-8-5-9-18-16(14)24-13-6-3-4-7-13/h5,8-10,13H,3-4,6-7H2,1-2H3,(H,21,23)(H,19,20,22). The maximum atomic E-state index is 12.5. The fourth-order valence-electron chi connectivity index (χ4n) is 2.78. The Hall–Kier alpha value is -2.15. The number of hydrogen-bond acceptors (Lipinski definition) is 6. The van der Waals surface area contributed by atoms with E-state index in [0.717, 1.165) is 16.4 Å². The summed E-state index contributed by atoms with van der Waals surface area (Å²) in [6.45, 7) is 3.78. The molecule has 2 heterocycles. The van der Waals surface area contributed by atoms with Gasteiger partial charge in [-0.2, -0.15) is 0 Å². The molecule has 0 unspecified atom stereocenters. The first-order valence-electron chi connectivity index (χ1n) is 8.12. The van der Waals surface area contributed by atoms with Gasteiger partial charge in [0.25, 0.3) is 5.91 Å². The van der Waals surface area contributed by atoms with Crippen LogP contribution in [0.2, 0.25) is 0 Å². The number of amides is 1. The van der Waals surface area contributed by atoms with Crippen molar-refractivity contribution in [2.45, 2.75) is 49.8 Å². The molecule has 24 heavy (non-hydrogen) atoms. The van der Waals surface area contributed by atoms with E-state index >= 15 is 0 Å². The van der Waals surface area contributed by atoms with E-state index in [0.29, 0.717) is 16.8 Å². The first-order chi connectivity index (χ1) is 11.6. The van der Waals surface area contributed by atoms with Crippen molar-refractivity contribution in [3.63, 3.8) is 0 Å². The van der Waals surface area contributed by atoms with E-state index in [1.165, 1.54) is 25.7 Å². The van der Waals surface area contributed by atoms with Crippen LogP contribution in [-0.2, 0) is 0 Å². The lowest BCUT2D eigenvalue weighted by Gasteiger charge is -2.13. The third-order valence-electron chi connectivity index (χ3n) is 3.87. The average molecular weight is 343 g/mol. The monoisotopic (exact) mass is 343 g/mol. The molecule has 2 aromatic heterocycles. The van der Waals surface area contributed by atoms with E-state index in [4.69, 9.17) is 0 Å². The molecule has 7 heteroatoms. The van der Waals surface area contributed by atoms with Gasteiger partial charge in [0.05, 0.1) is 5.56 Å². The first-order valence-corrected chi connectivity index (χ1v) is 9.00. The third kappa shape index (κ3) is 4.23. The van der Waals surface area contributed by atoms with Crippen molar-refractivity contribution in [2.24, 2.45) is 0 Å². The highest BCUT2D eigenvalue weighted by atomic mass is 32.2. The number of anilines is 1. The van der Waals surface area contributed by atoms with Gasteiger partial charge in [-0.15, -0.1) is 11.8 Å². The molecular formula is C17H21N5OS. The number of hydrogen-bond donors (Lipinski definition) is 2. The molecule has 1 fully saturated rings. The molecule has 1 aliphatic rings. The molecule has 0 aliphatic heterocycles. The Morgan fingerprint density at radius 3 is 2.62 bits per heavy atom. The van der Waals surface area contributed by atoms with Gasteiger partial charge in [0.1, 0.15) is 5.03 Å². The fraction of sp³-hybridized carbons (Fsp3) is 0.412. The maximum Gasteiger partial charge on any atom is 0.272 e. The van der Waals surface area contributed by atoms with Crippen molar-refractivity contribution in [3.8, 4) is 0 Å². The number of hydrazine groups is 1. The van der Waals surface area contributed by atoms with Gasteiger partial charge in [-0.05, 0) is 44.9 Å². The molecule has 126 valence electrons. The van der Waals surface area contributed by atoms with E-state index in [-0.39, 0.29) is 5.91 Å². The quantitative estimate of drug-likeness (QED) is 0.811. The van der Waals surface area contributed by atoms with Gasteiger partial charge in [-0.3, -0.25) is 15.6 Å². The Labute approximate surface area is 145 Å². The molecule has 1 saturated carbocycles. The highest BCUT2D eigenvalue weighted by molar-refractivity contribution is 7.99. The van der Waals surface area contributed by atoms with Crippen LogP contribution in [0, 0.1) is 13.8 Å². The van der Waals surface area contributed by atoms with Crippen LogP contribution in [-0.4, -0.2) is 26.1 Å². The van der Waals surface area contributed by atoms with Crippen molar-refractivity contribution in [3.05, 3.63) is 41.3 Å². The second-order valence-electron chi connectivity index (χ2n) is 5.93. The molecular weight excluding hydrogens is 322 g/mol. The van der Waals surface area contributed by atoms with E-state index in [1.54, 1.807) is 30.1 Å². The molecule has 1 amide bonds. The summed E-state index contributed by atoms with van der Waals surface area (Å²) in [7, 11) is 0. The van der Waals surface area contributed by atoms with Crippen molar-refractivity contribution in [1.82, 2.24) is 20.4 Å². The summed E-state index contributed by atoms with van der Waals surface area (Å²) < 4.78 is 0. The largest absolute Gasteiger partial charge is 0.272 e. The minimum atomic E-state index is -0.230. The third-order valence-corrected chi connectivity index (χ3v) is 5.22. The normalized spacial score (nSPS) is 14.6. The lowest BCUT2D eigenvalue weighted by molar-refractivity contribution is 0.0958. The Morgan fingerprint density at radius 2 is 1.92 bits per heavy atom. The first kappa shape index (κ1) is 16.7. The lowest BCUT2D eigenvalue weighted by atomic mass is 10.3. The van der Waals surface area contributed by atoms with Crippen LogP contribution in [0.3, 0.4) is 0 Å². The van der Waals surface area contributed by atoms with Crippen molar-refractivity contribution < 1.29 is 4.79 Å². The van der Waals surface area contributed by atoms with Gasteiger partial charge < -0.3 is 0 Å². The minimum Gasteiger partial charge on any atom is -0.267 e. The molecule has 1 aliphatic carbocycles. The number of carbonyl (C=O) groups is 1. The van der Waals surface area contributed by atoms with E-state index in [1.807, 2.05) is 19.9 Å². The molecule has 0 aromatic carbocycles. The number of carbonyl (C=O) groups excluding carboxylic acids is 1. The Balaban J connectivity index is 1.68. The smallest absolute Gasteiger partial charge is 0.267 e. The Bertz CT molecular complexity index is 710. The molecule has 6 nitrogen and oxygen atoms in total. The lowest BCUT2D eigenvalue weighted by Crippen LogP contribution is -2.31. The molecule has 3 rings (SSSR count). The van der Waals surface area contributed by atoms with Crippen molar-refractivity contribution in [1.29, 1.82) is 0 Å². The maximum absolute atomic E-state index is 12.5. The van der Waals surface area contributed by atoms with E-state index < -0.39 is 0 Å². The topological polar surface area (TPSA) is 79.8 Å². The summed E-state index contributed by atoms with van der Waals surface area (Å²) in [6, 6.07) is 5.45. The van der Waals surface area contributed by atoms with Crippen molar-refractivity contribution in [2.75, 3.05) is 5.43 Å². The summed E-state index contributed by atoms with van der Waals surface area (Å²) in [5.41, 5.74) is 7.72. The zero-order valence-corrected chi connectivity index (χ0v) is 14.7.